The number of rotatable bonds is 2. The van der Waals surface area contributed by atoms with Gasteiger partial charge in [0.1, 0.15) is 19.3 Å². The summed E-state index contributed by atoms with van der Waals surface area (Å²) in [4.78, 5) is 12.5. The minimum atomic E-state index is -0.280. The van der Waals surface area contributed by atoms with E-state index in [4.69, 9.17) is 14.7 Å². The molecular formula is C17H14N2O3. The Kier molecular flexibility index (Phi) is 3.67. The maximum Gasteiger partial charge on any atom is 0.256 e. The molecule has 0 unspecified atom stereocenters. The van der Waals surface area contributed by atoms with Gasteiger partial charge in [0.25, 0.3) is 5.91 Å². The number of hydrogen-bond donors (Lipinski definition) is 1. The number of anilines is 1. The number of ether oxygens (including phenoxy) is 2. The van der Waals surface area contributed by atoms with Crippen molar-refractivity contribution in [3.8, 4) is 17.6 Å². The zero-order valence-electron chi connectivity index (χ0n) is 12.1. The number of fused-ring (bicyclic) bond motifs is 1. The van der Waals surface area contributed by atoms with E-state index in [1.807, 2.05) is 6.92 Å². The van der Waals surface area contributed by atoms with Crippen LogP contribution in [0.15, 0.2) is 36.4 Å². The molecular weight excluding hydrogens is 280 g/mol. The van der Waals surface area contributed by atoms with Gasteiger partial charge in [0.2, 0.25) is 0 Å². The highest BCUT2D eigenvalue weighted by Gasteiger charge is 2.18. The quantitative estimate of drug-likeness (QED) is 0.924. The van der Waals surface area contributed by atoms with Gasteiger partial charge in [-0.15, -0.1) is 0 Å². The monoisotopic (exact) mass is 294 g/mol. The molecule has 0 aromatic heterocycles. The summed E-state index contributed by atoms with van der Waals surface area (Å²) in [6.07, 6.45) is 0. The predicted octanol–water partition coefficient (Wildman–Crippen LogP) is 2.89. The Labute approximate surface area is 128 Å². The third kappa shape index (κ3) is 2.59. The number of carbonyl (C=O) groups excluding carboxylic acids is 1. The molecule has 110 valence electrons. The van der Waals surface area contributed by atoms with Gasteiger partial charge >= 0.3 is 0 Å². The molecule has 0 spiro atoms. The van der Waals surface area contributed by atoms with Gasteiger partial charge in [-0.05, 0) is 36.8 Å². The first kappa shape index (κ1) is 14.0. The minimum Gasteiger partial charge on any atom is -0.486 e. The second-order valence-electron chi connectivity index (χ2n) is 4.92. The van der Waals surface area contributed by atoms with Crippen LogP contribution < -0.4 is 14.8 Å². The van der Waals surface area contributed by atoms with E-state index in [1.165, 1.54) is 0 Å². The van der Waals surface area contributed by atoms with Crippen molar-refractivity contribution < 1.29 is 14.3 Å². The molecule has 22 heavy (non-hydrogen) atoms. The maximum absolute atomic E-state index is 12.5. The molecule has 1 aliphatic rings. The number of benzene rings is 2. The van der Waals surface area contributed by atoms with E-state index in [0.29, 0.717) is 41.5 Å². The summed E-state index contributed by atoms with van der Waals surface area (Å²) in [5, 5.41) is 11.8. The largest absolute Gasteiger partial charge is 0.486 e. The van der Waals surface area contributed by atoms with Crippen LogP contribution in [-0.2, 0) is 0 Å². The van der Waals surface area contributed by atoms with Crippen molar-refractivity contribution >= 4 is 11.6 Å². The van der Waals surface area contributed by atoms with Crippen LogP contribution in [0.3, 0.4) is 0 Å². The van der Waals surface area contributed by atoms with Crippen LogP contribution in [0, 0.1) is 18.3 Å². The fourth-order valence-corrected chi connectivity index (χ4v) is 2.31. The van der Waals surface area contributed by atoms with Crippen LogP contribution in [0.5, 0.6) is 11.5 Å². The Hall–Kier alpha value is -3.00. The Morgan fingerprint density at radius 3 is 2.59 bits per heavy atom. The Morgan fingerprint density at radius 2 is 1.86 bits per heavy atom. The van der Waals surface area contributed by atoms with Gasteiger partial charge in [0.05, 0.1) is 11.3 Å². The first-order valence-corrected chi connectivity index (χ1v) is 6.90. The minimum absolute atomic E-state index is 0.280. The molecule has 0 fully saturated rings. The molecule has 0 saturated carbocycles. The average molecular weight is 294 g/mol. The predicted molar refractivity (Wildman–Crippen MR) is 81.3 cm³/mol. The second kappa shape index (κ2) is 5.78. The SMILES string of the molecule is Cc1cc2c(cc1C(=O)Nc1ccccc1C#N)OCCO2. The third-order valence-electron chi connectivity index (χ3n) is 3.43. The highest BCUT2D eigenvalue weighted by Crippen LogP contribution is 2.33. The summed E-state index contributed by atoms with van der Waals surface area (Å²) < 4.78 is 11.0. The highest BCUT2D eigenvalue weighted by molar-refractivity contribution is 6.06. The van der Waals surface area contributed by atoms with Crippen molar-refractivity contribution in [1.82, 2.24) is 0 Å². The fraction of sp³-hybridized carbons (Fsp3) is 0.176. The normalized spacial score (nSPS) is 12.4. The number of aryl methyl sites for hydroxylation is 1. The van der Waals surface area contributed by atoms with E-state index in [2.05, 4.69) is 11.4 Å². The summed E-state index contributed by atoms with van der Waals surface area (Å²) >= 11 is 0. The molecule has 0 atom stereocenters. The molecule has 0 radical (unpaired) electrons. The number of para-hydroxylation sites is 1. The summed E-state index contributed by atoms with van der Waals surface area (Å²) in [7, 11) is 0. The molecule has 0 bridgehead atoms. The Balaban J connectivity index is 1.91. The molecule has 1 N–H and O–H groups in total. The lowest BCUT2D eigenvalue weighted by molar-refractivity contribution is 0.102. The van der Waals surface area contributed by atoms with E-state index < -0.39 is 0 Å². The van der Waals surface area contributed by atoms with Gasteiger partial charge in [0.15, 0.2) is 11.5 Å². The Bertz CT molecular complexity index is 778. The lowest BCUT2D eigenvalue weighted by atomic mass is 10.1. The number of nitriles is 1. The summed E-state index contributed by atoms with van der Waals surface area (Å²) in [6, 6.07) is 12.4. The van der Waals surface area contributed by atoms with E-state index in [9.17, 15) is 4.79 Å². The van der Waals surface area contributed by atoms with Crippen LogP contribution in [-0.4, -0.2) is 19.1 Å². The van der Waals surface area contributed by atoms with Crippen LogP contribution >= 0.6 is 0 Å². The molecule has 2 aromatic carbocycles. The summed E-state index contributed by atoms with van der Waals surface area (Å²) in [5.41, 5.74) is 2.20. The fourth-order valence-electron chi connectivity index (χ4n) is 2.31. The standard InChI is InChI=1S/C17H14N2O3/c1-11-8-15-16(22-7-6-21-15)9-13(11)17(20)19-14-5-3-2-4-12(14)10-18/h2-5,8-9H,6-7H2,1H3,(H,19,20). The molecule has 5 heteroatoms. The molecule has 3 rings (SSSR count). The molecule has 1 aliphatic heterocycles. The van der Waals surface area contributed by atoms with Gasteiger partial charge in [-0.3, -0.25) is 4.79 Å². The molecule has 1 heterocycles. The molecule has 0 aliphatic carbocycles. The van der Waals surface area contributed by atoms with E-state index in [0.717, 1.165) is 5.56 Å². The van der Waals surface area contributed by atoms with Crippen molar-refractivity contribution in [3.63, 3.8) is 0 Å². The van der Waals surface area contributed by atoms with Crippen molar-refractivity contribution in [2.24, 2.45) is 0 Å². The van der Waals surface area contributed by atoms with Gasteiger partial charge in [-0.25, -0.2) is 0 Å². The topological polar surface area (TPSA) is 71.4 Å². The molecule has 0 saturated heterocycles. The number of amides is 1. The van der Waals surface area contributed by atoms with Gasteiger partial charge in [0, 0.05) is 5.56 Å². The molecule has 1 amide bonds. The van der Waals surface area contributed by atoms with Gasteiger partial charge in [-0.2, -0.15) is 5.26 Å². The number of carbonyl (C=O) groups is 1. The molecule has 2 aromatic rings. The number of nitrogens with zero attached hydrogens (tertiary/aromatic N) is 1. The summed E-state index contributed by atoms with van der Waals surface area (Å²) in [6.45, 7) is 2.81. The highest BCUT2D eigenvalue weighted by atomic mass is 16.6. The summed E-state index contributed by atoms with van der Waals surface area (Å²) in [5.74, 6) is 0.936. The van der Waals surface area contributed by atoms with E-state index in [-0.39, 0.29) is 5.91 Å². The Morgan fingerprint density at radius 1 is 1.18 bits per heavy atom. The number of hydrogen-bond acceptors (Lipinski definition) is 4. The van der Waals surface area contributed by atoms with E-state index >= 15 is 0 Å². The first-order chi connectivity index (χ1) is 10.7. The lowest BCUT2D eigenvalue weighted by Crippen LogP contribution is -2.18. The van der Waals surface area contributed by atoms with Crippen LogP contribution in [0.25, 0.3) is 0 Å². The van der Waals surface area contributed by atoms with Crippen molar-refractivity contribution in [3.05, 3.63) is 53.1 Å². The van der Waals surface area contributed by atoms with Crippen molar-refractivity contribution in [2.75, 3.05) is 18.5 Å². The third-order valence-corrected chi connectivity index (χ3v) is 3.43. The van der Waals surface area contributed by atoms with E-state index in [1.54, 1.807) is 36.4 Å². The van der Waals surface area contributed by atoms with Crippen molar-refractivity contribution in [1.29, 1.82) is 5.26 Å². The smallest absolute Gasteiger partial charge is 0.256 e. The maximum atomic E-state index is 12.5. The number of nitrogens with one attached hydrogen (secondary N) is 1. The zero-order valence-corrected chi connectivity index (χ0v) is 12.1. The second-order valence-corrected chi connectivity index (χ2v) is 4.92. The van der Waals surface area contributed by atoms with Crippen LogP contribution in [0.2, 0.25) is 0 Å². The van der Waals surface area contributed by atoms with Crippen LogP contribution in [0.1, 0.15) is 21.5 Å². The van der Waals surface area contributed by atoms with Crippen LogP contribution in [0.4, 0.5) is 5.69 Å². The van der Waals surface area contributed by atoms with Gasteiger partial charge < -0.3 is 14.8 Å². The average Bonchev–Trinajstić information content (AvgIpc) is 2.54. The molecule has 5 nitrogen and oxygen atoms in total. The van der Waals surface area contributed by atoms with Crippen molar-refractivity contribution in [2.45, 2.75) is 6.92 Å². The first-order valence-electron chi connectivity index (χ1n) is 6.90. The van der Waals surface area contributed by atoms with Gasteiger partial charge in [-0.1, -0.05) is 12.1 Å². The zero-order chi connectivity index (χ0) is 15.5. The lowest BCUT2D eigenvalue weighted by Gasteiger charge is -2.20.